The second kappa shape index (κ2) is 8.74. The molecule has 3 aromatic rings. The summed E-state index contributed by atoms with van der Waals surface area (Å²) in [6, 6.07) is 16.0. The van der Waals surface area contributed by atoms with Crippen molar-refractivity contribution >= 4 is 33.5 Å². The van der Waals surface area contributed by atoms with Crippen LogP contribution in [0.1, 0.15) is 18.1 Å². The molecule has 0 aliphatic carbocycles. The molecule has 0 aliphatic heterocycles. The molecule has 0 saturated carbocycles. The number of thiazole rings is 1. The van der Waals surface area contributed by atoms with Gasteiger partial charge in [0, 0.05) is 19.2 Å². The number of carbonyl (C=O) groups excluding carboxylic acids is 1. The first-order valence-electron chi connectivity index (χ1n) is 8.67. The van der Waals surface area contributed by atoms with Gasteiger partial charge in [-0.25, -0.2) is 0 Å². The Kier molecular flexibility index (Phi) is 6.15. The van der Waals surface area contributed by atoms with Gasteiger partial charge in [0.25, 0.3) is 5.91 Å². The topological polar surface area (TPSA) is 43.6 Å². The van der Waals surface area contributed by atoms with Gasteiger partial charge in [-0.3, -0.25) is 4.79 Å². The monoisotopic (exact) mass is 366 g/mol. The maximum Gasteiger partial charge on any atom is 0.272 e. The summed E-state index contributed by atoms with van der Waals surface area (Å²) in [4.78, 5) is 17.3. The highest BCUT2D eigenvalue weighted by molar-refractivity contribution is 7.16. The average molecular weight is 366 g/mol. The second-order valence-electron chi connectivity index (χ2n) is 5.90. The summed E-state index contributed by atoms with van der Waals surface area (Å²) in [5, 5.41) is 0. The minimum atomic E-state index is -0.262. The standard InChI is InChI=1S/C21H22N2O2S/c1-3-25-14-13-23-18-11-9-16(2)15-19(18)26-21(23)22-20(24)12-10-17-7-5-4-6-8-17/h4-12,15H,3,13-14H2,1-2H3. The van der Waals surface area contributed by atoms with E-state index in [-0.39, 0.29) is 5.91 Å². The van der Waals surface area contributed by atoms with Crippen molar-refractivity contribution in [3.63, 3.8) is 0 Å². The fourth-order valence-corrected chi connectivity index (χ4v) is 3.80. The van der Waals surface area contributed by atoms with Gasteiger partial charge in [-0.2, -0.15) is 4.99 Å². The van der Waals surface area contributed by atoms with Crippen molar-refractivity contribution in [1.82, 2.24) is 4.57 Å². The Morgan fingerprint density at radius 3 is 2.81 bits per heavy atom. The average Bonchev–Trinajstić information content (AvgIpc) is 2.97. The fourth-order valence-electron chi connectivity index (χ4n) is 2.65. The zero-order chi connectivity index (χ0) is 18.4. The van der Waals surface area contributed by atoms with Crippen molar-refractivity contribution in [2.24, 2.45) is 4.99 Å². The minimum absolute atomic E-state index is 0.262. The van der Waals surface area contributed by atoms with Crippen LogP contribution in [0, 0.1) is 6.92 Å². The zero-order valence-electron chi connectivity index (χ0n) is 15.0. The molecular formula is C21H22N2O2S. The number of benzene rings is 2. The Morgan fingerprint density at radius 1 is 1.23 bits per heavy atom. The summed E-state index contributed by atoms with van der Waals surface area (Å²) >= 11 is 1.53. The van der Waals surface area contributed by atoms with E-state index in [1.807, 2.05) is 37.3 Å². The molecule has 1 amide bonds. The quantitative estimate of drug-likeness (QED) is 0.485. The van der Waals surface area contributed by atoms with Crippen molar-refractivity contribution < 1.29 is 9.53 Å². The molecule has 2 aromatic carbocycles. The molecule has 0 aliphatic rings. The number of fused-ring (bicyclic) bond motifs is 1. The minimum Gasteiger partial charge on any atom is -0.380 e. The highest BCUT2D eigenvalue weighted by Gasteiger charge is 2.07. The highest BCUT2D eigenvalue weighted by Crippen LogP contribution is 2.19. The van der Waals surface area contributed by atoms with Crippen LogP contribution in [0.15, 0.2) is 59.6 Å². The van der Waals surface area contributed by atoms with Crippen LogP contribution in [0.3, 0.4) is 0 Å². The lowest BCUT2D eigenvalue weighted by atomic mass is 10.2. The molecule has 0 spiro atoms. The third-order valence-corrected chi connectivity index (χ3v) is 4.97. The van der Waals surface area contributed by atoms with Gasteiger partial charge >= 0.3 is 0 Å². The van der Waals surface area contributed by atoms with E-state index in [1.165, 1.54) is 23.0 Å². The molecule has 26 heavy (non-hydrogen) atoms. The summed E-state index contributed by atoms with van der Waals surface area (Å²) < 4.78 is 8.67. The third kappa shape index (κ3) is 4.56. The smallest absolute Gasteiger partial charge is 0.272 e. The number of hydrogen-bond donors (Lipinski definition) is 0. The number of ether oxygens (including phenoxy) is 1. The molecule has 134 valence electrons. The molecule has 0 N–H and O–H groups in total. The molecule has 0 unspecified atom stereocenters. The number of carbonyl (C=O) groups is 1. The summed E-state index contributed by atoms with van der Waals surface area (Å²) in [6.45, 7) is 5.98. The lowest BCUT2D eigenvalue weighted by Crippen LogP contribution is -2.19. The first kappa shape index (κ1) is 18.3. The predicted octanol–water partition coefficient (Wildman–Crippen LogP) is 4.19. The molecule has 0 radical (unpaired) electrons. The van der Waals surface area contributed by atoms with Crippen LogP contribution >= 0.6 is 11.3 Å². The largest absolute Gasteiger partial charge is 0.380 e. The molecule has 1 heterocycles. The Labute approximate surface area is 157 Å². The van der Waals surface area contributed by atoms with Crippen LogP contribution < -0.4 is 4.80 Å². The third-order valence-electron chi connectivity index (χ3n) is 3.93. The van der Waals surface area contributed by atoms with Crippen LogP contribution in [-0.2, 0) is 16.1 Å². The summed E-state index contributed by atoms with van der Waals surface area (Å²) in [5.74, 6) is -0.262. The highest BCUT2D eigenvalue weighted by atomic mass is 32.1. The van der Waals surface area contributed by atoms with Crippen molar-refractivity contribution in [3.8, 4) is 0 Å². The van der Waals surface area contributed by atoms with Gasteiger partial charge < -0.3 is 9.30 Å². The second-order valence-corrected chi connectivity index (χ2v) is 6.91. The van der Waals surface area contributed by atoms with Crippen molar-refractivity contribution in [3.05, 3.63) is 70.5 Å². The number of hydrogen-bond acceptors (Lipinski definition) is 3. The number of aryl methyl sites for hydroxylation is 1. The molecule has 0 fully saturated rings. The van der Waals surface area contributed by atoms with E-state index in [9.17, 15) is 4.79 Å². The van der Waals surface area contributed by atoms with Crippen LogP contribution in [0.4, 0.5) is 0 Å². The number of nitrogens with zero attached hydrogens (tertiary/aromatic N) is 2. The Balaban J connectivity index is 1.93. The zero-order valence-corrected chi connectivity index (χ0v) is 15.8. The predicted molar refractivity (Wildman–Crippen MR) is 107 cm³/mol. The van der Waals surface area contributed by atoms with E-state index in [0.29, 0.717) is 24.6 Å². The molecule has 1 aromatic heterocycles. The van der Waals surface area contributed by atoms with Crippen LogP contribution in [0.5, 0.6) is 0 Å². The maximum absolute atomic E-state index is 12.3. The maximum atomic E-state index is 12.3. The molecular weight excluding hydrogens is 344 g/mol. The normalized spacial score (nSPS) is 12.3. The first-order valence-corrected chi connectivity index (χ1v) is 9.48. The Hall–Kier alpha value is -2.50. The molecule has 0 atom stereocenters. The van der Waals surface area contributed by atoms with Crippen molar-refractivity contribution in [1.29, 1.82) is 0 Å². The molecule has 5 heteroatoms. The van der Waals surface area contributed by atoms with E-state index >= 15 is 0 Å². The van der Waals surface area contributed by atoms with Crippen LogP contribution in [-0.4, -0.2) is 23.7 Å². The molecule has 4 nitrogen and oxygen atoms in total. The van der Waals surface area contributed by atoms with Gasteiger partial charge in [0.05, 0.1) is 16.8 Å². The van der Waals surface area contributed by atoms with E-state index in [2.05, 4.69) is 34.7 Å². The van der Waals surface area contributed by atoms with Crippen LogP contribution in [0.25, 0.3) is 16.3 Å². The van der Waals surface area contributed by atoms with E-state index in [0.717, 1.165) is 15.8 Å². The van der Waals surface area contributed by atoms with Crippen LogP contribution in [0.2, 0.25) is 0 Å². The van der Waals surface area contributed by atoms with E-state index < -0.39 is 0 Å². The van der Waals surface area contributed by atoms with Gasteiger partial charge in [-0.15, -0.1) is 0 Å². The summed E-state index contributed by atoms with van der Waals surface area (Å²) in [7, 11) is 0. The van der Waals surface area contributed by atoms with Gasteiger partial charge in [0.2, 0.25) is 0 Å². The fraction of sp³-hybridized carbons (Fsp3) is 0.238. The van der Waals surface area contributed by atoms with Gasteiger partial charge in [-0.05, 0) is 43.2 Å². The van der Waals surface area contributed by atoms with Crippen molar-refractivity contribution in [2.75, 3.05) is 13.2 Å². The number of rotatable bonds is 6. The molecule has 0 saturated heterocycles. The van der Waals surface area contributed by atoms with Gasteiger partial charge in [0.15, 0.2) is 4.80 Å². The Morgan fingerprint density at radius 2 is 2.04 bits per heavy atom. The summed E-state index contributed by atoms with van der Waals surface area (Å²) in [6.07, 6.45) is 3.30. The SMILES string of the molecule is CCOCCn1c(=NC(=O)C=Cc2ccccc2)sc2cc(C)ccc21. The van der Waals surface area contributed by atoms with Crippen molar-refractivity contribution in [2.45, 2.75) is 20.4 Å². The lowest BCUT2D eigenvalue weighted by Gasteiger charge is -2.05. The Bertz CT molecular complexity index is 984. The first-order chi connectivity index (χ1) is 12.7. The molecule has 3 rings (SSSR count). The number of amides is 1. The van der Waals surface area contributed by atoms with E-state index in [1.54, 1.807) is 6.08 Å². The lowest BCUT2D eigenvalue weighted by molar-refractivity contribution is -0.113. The number of aromatic nitrogens is 1. The van der Waals surface area contributed by atoms with Gasteiger partial charge in [0.1, 0.15) is 0 Å². The summed E-state index contributed by atoms with van der Waals surface area (Å²) in [5.41, 5.74) is 3.25. The molecule has 0 bridgehead atoms. The van der Waals surface area contributed by atoms with Gasteiger partial charge in [-0.1, -0.05) is 47.7 Å². The van der Waals surface area contributed by atoms with E-state index in [4.69, 9.17) is 4.74 Å².